The molecule has 1 amide bonds. The van der Waals surface area contributed by atoms with Crippen molar-refractivity contribution in [3.8, 4) is 0 Å². The number of hydrogen-bond acceptors (Lipinski definition) is 4. The Balaban J connectivity index is 4.17. The Labute approximate surface area is 91.9 Å². The van der Waals surface area contributed by atoms with E-state index < -0.39 is 0 Å². The van der Waals surface area contributed by atoms with Crippen molar-refractivity contribution in [2.75, 3.05) is 27.3 Å². The topological polar surface area (TPSA) is 67.6 Å². The molecule has 1 unspecified atom stereocenters. The monoisotopic (exact) mass is 217 g/mol. The molecule has 0 aromatic heterocycles. The molecule has 0 heterocycles. The number of methoxy groups -OCH3 is 1. The van der Waals surface area contributed by atoms with Crippen LogP contribution in [0, 0.1) is 5.92 Å². The highest BCUT2D eigenvalue weighted by molar-refractivity contribution is 5.81. The third kappa shape index (κ3) is 5.11. The largest absolute Gasteiger partial charge is 0.385 e. The lowest BCUT2D eigenvalue weighted by Gasteiger charge is -2.29. The molecule has 0 saturated heterocycles. The SMILES string of the molecule is COCCCN(C)C(C(=O)NN)C(C)C. The number of nitrogens with zero attached hydrogens (tertiary/aromatic N) is 1. The highest BCUT2D eigenvalue weighted by Crippen LogP contribution is 2.09. The zero-order chi connectivity index (χ0) is 11.8. The second-order valence-electron chi connectivity index (χ2n) is 4.02. The molecular formula is C10H23N3O2. The van der Waals surface area contributed by atoms with Gasteiger partial charge < -0.3 is 4.74 Å². The number of ether oxygens (including phenoxy) is 1. The van der Waals surface area contributed by atoms with Crippen LogP contribution in [0.3, 0.4) is 0 Å². The first kappa shape index (κ1) is 14.3. The van der Waals surface area contributed by atoms with E-state index in [1.54, 1.807) is 7.11 Å². The van der Waals surface area contributed by atoms with Gasteiger partial charge in [-0.1, -0.05) is 13.8 Å². The number of carbonyl (C=O) groups is 1. The van der Waals surface area contributed by atoms with Gasteiger partial charge in [0.15, 0.2) is 0 Å². The van der Waals surface area contributed by atoms with Crippen LogP contribution in [-0.2, 0) is 9.53 Å². The number of nitrogens with two attached hydrogens (primary N) is 1. The predicted octanol–water partition coefficient (Wildman–Crippen LogP) is -0.0308. The first-order chi connectivity index (χ1) is 7.04. The maximum Gasteiger partial charge on any atom is 0.251 e. The van der Waals surface area contributed by atoms with Crippen molar-refractivity contribution in [2.45, 2.75) is 26.3 Å². The van der Waals surface area contributed by atoms with Gasteiger partial charge in [-0.15, -0.1) is 0 Å². The van der Waals surface area contributed by atoms with Crippen LogP contribution in [0.4, 0.5) is 0 Å². The van der Waals surface area contributed by atoms with Crippen LogP contribution in [0.1, 0.15) is 20.3 Å². The van der Waals surface area contributed by atoms with Crippen LogP contribution in [0.5, 0.6) is 0 Å². The molecule has 3 N–H and O–H groups in total. The molecule has 0 aliphatic heterocycles. The molecule has 5 heteroatoms. The van der Waals surface area contributed by atoms with E-state index in [0.717, 1.165) is 13.0 Å². The smallest absolute Gasteiger partial charge is 0.251 e. The minimum absolute atomic E-state index is 0.134. The summed E-state index contributed by atoms with van der Waals surface area (Å²) in [5.74, 6) is 5.26. The summed E-state index contributed by atoms with van der Waals surface area (Å²) < 4.78 is 4.97. The summed E-state index contributed by atoms with van der Waals surface area (Å²) in [4.78, 5) is 13.5. The van der Waals surface area contributed by atoms with Crippen molar-refractivity contribution in [1.29, 1.82) is 0 Å². The average Bonchev–Trinajstić information content (AvgIpc) is 2.17. The lowest BCUT2D eigenvalue weighted by Crippen LogP contribution is -2.50. The van der Waals surface area contributed by atoms with Crippen molar-refractivity contribution in [1.82, 2.24) is 10.3 Å². The van der Waals surface area contributed by atoms with E-state index in [1.165, 1.54) is 0 Å². The molecule has 1 atom stereocenters. The zero-order valence-electron chi connectivity index (χ0n) is 10.1. The van der Waals surface area contributed by atoms with Crippen molar-refractivity contribution in [3.05, 3.63) is 0 Å². The highest BCUT2D eigenvalue weighted by Gasteiger charge is 2.25. The van der Waals surface area contributed by atoms with Crippen molar-refractivity contribution >= 4 is 5.91 Å². The molecule has 0 saturated carbocycles. The Morgan fingerprint density at radius 3 is 2.53 bits per heavy atom. The molecule has 5 nitrogen and oxygen atoms in total. The van der Waals surface area contributed by atoms with E-state index in [2.05, 4.69) is 5.43 Å². The van der Waals surface area contributed by atoms with Gasteiger partial charge in [-0.05, 0) is 19.4 Å². The lowest BCUT2D eigenvalue weighted by molar-refractivity contribution is -0.127. The summed E-state index contributed by atoms with van der Waals surface area (Å²) in [6.45, 7) is 5.54. The van der Waals surface area contributed by atoms with Crippen LogP contribution in [0.15, 0.2) is 0 Å². The van der Waals surface area contributed by atoms with Crippen LogP contribution < -0.4 is 11.3 Å². The van der Waals surface area contributed by atoms with Crippen LogP contribution in [0.2, 0.25) is 0 Å². The summed E-state index contributed by atoms with van der Waals surface area (Å²) in [6, 6.07) is -0.174. The van der Waals surface area contributed by atoms with E-state index in [9.17, 15) is 4.79 Å². The minimum Gasteiger partial charge on any atom is -0.385 e. The molecule has 0 fully saturated rings. The van der Waals surface area contributed by atoms with Crippen molar-refractivity contribution < 1.29 is 9.53 Å². The van der Waals surface area contributed by atoms with Crippen LogP contribution >= 0.6 is 0 Å². The average molecular weight is 217 g/mol. The predicted molar refractivity (Wildman–Crippen MR) is 60.1 cm³/mol. The molecule has 0 aliphatic carbocycles. The van der Waals surface area contributed by atoms with Crippen molar-refractivity contribution in [2.24, 2.45) is 11.8 Å². The standard InChI is InChI=1S/C10H23N3O2/c1-8(2)9(10(14)12-11)13(3)6-5-7-15-4/h8-9H,5-7,11H2,1-4H3,(H,12,14). The summed E-state index contributed by atoms with van der Waals surface area (Å²) in [7, 11) is 3.60. The number of nitrogens with one attached hydrogen (secondary N) is 1. The molecule has 0 rings (SSSR count). The van der Waals surface area contributed by atoms with Gasteiger partial charge in [0, 0.05) is 20.3 Å². The van der Waals surface area contributed by atoms with E-state index in [0.29, 0.717) is 6.61 Å². The molecule has 0 spiro atoms. The minimum atomic E-state index is -0.174. The molecule has 0 bridgehead atoms. The Bertz CT molecular complexity index is 186. The number of amides is 1. The van der Waals surface area contributed by atoms with E-state index in [4.69, 9.17) is 10.6 Å². The Morgan fingerprint density at radius 2 is 2.13 bits per heavy atom. The van der Waals surface area contributed by atoms with Crippen LogP contribution in [-0.4, -0.2) is 44.2 Å². The fraction of sp³-hybridized carbons (Fsp3) is 0.900. The summed E-state index contributed by atoms with van der Waals surface area (Å²) in [6.07, 6.45) is 0.911. The quantitative estimate of drug-likeness (QED) is 0.272. The van der Waals surface area contributed by atoms with Gasteiger partial charge in [-0.2, -0.15) is 0 Å². The van der Waals surface area contributed by atoms with Gasteiger partial charge in [0.25, 0.3) is 5.91 Å². The second-order valence-corrected chi connectivity index (χ2v) is 4.02. The molecule has 0 aromatic carbocycles. The first-order valence-corrected chi connectivity index (χ1v) is 5.24. The zero-order valence-corrected chi connectivity index (χ0v) is 10.1. The molecule has 0 aliphatic rings. The van der Waals surface area contributed by atoms with Crippen LogP contribution in [0.25, 0.3) is 0 Å². The normalized spacial score (nSPS) is 13.3. The number of likely N-dealkylation sites (N-methyl/N-ethyl adjacent to an activating group) is 1. The Kier molecular flexibility index (Phi) is 7.29. The highest BCUT2D eigenvalue weighted by atomic mass is 16.5. The number of rotatable bonds is 7. The molecule has 90 valence electrons. The molecular weight excluding hydrogens is 194 g/mol. The van der Waals surface area contributed by atoms with Gasteiger partial charge >= 0.3 is 0 Å². The number of carbonyl (C=O) groups excluding carboxylic acids is 1. The van der Waals surface area contributed by atoms with E-state index in [-0.39, 0.29) is 17.9 Å². The Morgan fingerprint density at radius 1 is 1.53 bits per heavy atom. The van der Waals surface area contributed by atoms with E-state index >= 15 is 0 Å². The van der Waals surface area contributed by atoms with Gasteiger partial charge in [-0.25, -0.2) is 5.84 Å². The summed E-state index contributed by atoms with van der Waals surface area (Å²) in [5, 5.41) is 0. The van der Waals surface area contributed by atoms with E-state index in [1.807, 2.05) is 25.8 Å². The molecule has 0 aromatic rings. The Hall–Kier alpha value is -0.650. The third-order valence-electron chi connectivity index (χ3n) is 2.38. The van der Waals surface area contributed by atoms with Gasteiger partial charge in [0.05, 0.1) is 6.04 Å². The third-order valence-corrected chi connectivity index (χ3v) is 2.38. The fourth-order valence-electron chi connectivity index (χ4n) is 1.69. The molecule has 15 heavy (non-hydrogen) atoms. The first-order valence-electron chi connectivity index (χ1n) is 5.24. The van der Waals surface area contributed by atoms with Gasteiger partial charge in [-0.3, -0.25) is 15.1 Å². The molecule has 0 radical (unpaired) electrons. The maximum atomic E-state index is 11.5. The maximum absolute atomic E-state index is 11.5. The number of hydrogen-bond donors (Lipinski definition) is 2. The lowest BCUT2D eigenvalue weighted by atomic mass is 10.0. The second kappa shape index (κ2) is 7.62. The number of hydrazine groups is 1. The van der Waals surface area contributed by atoms with Gasteiger partial charge in [0.1, 0.15) is 0 Å². The summed E-state index contributed by atoms with van der Waals surface area (Å²) in [5.41, 5.74) is 2.21. The van der Waals surface area contributed by atoms with Crippen molar-refractivity contribution in [3.63, 3.8) is 0 Å². The summed E-state index contributed by atoms with van der Waals surface area (Å²) >= 11 is 0. The fourth-order valence-corrected chi connectivity index (χ4v) is 1.69. The van der Waals surface area contributed by atoms with Gasteiger partial charge in [0.2, 0.25) is 0 Å².